The number of nitrogens with two attached hydrogens (primary N) is 1. The van der Waals surface area contributed by atoms with Gasteiger partial charge in [-0.25, -0.2) is 0 Å². The van der Waals surface area contributed by atoms with Crippen LogP contribution in [-0.2, 0) is 6.54 Å². The van der Waals surface area contributed by atoms with Gasteiger partial charge in [-0.05, 0) is 38.8 Å². The maximum absolute atomic E-state index is 5.92. The Morgan fingerprint density at radius 3 is 2.80 bits per heavy atom. The Balaban J connectivity index is 2.00. The molecule has 2 N–H and O–H groups in total. The van der Waals surface area contributed by atoms with Crippen molar-refractivity contribution in [3.05, 3.63) is 64.9 Å². The minimum Gasteiger partial charge on any atom is -0.456 e. The van der Waals surface area contributed by atoms with Crippen molar-refractivity contribution in [2.75, 3.05) is 0 Å². The molecule has 0 amide bonds. The summed E-state index contributed by atoms with van der Waals surface area (Å²) in [4.78, 5) is 4.16. The predicted octanol–water partition coefficient (Wildman–Crippen LogP) is 4.25. The normalized spacial score (nSPS) is 10.7. The third-order valence-corrected chi connectivity index (χ3v) is 3.87. The van der Waals surface area contributed by atoms with E-state index in [1.807, 2.05) is 36.4 Å². The summed E-state index contributed by atoms with van der Waals surface area (Å²) in [6.45, 7) is 0.399. The first-order chi connectivity index (χ1) is 9.78. The molecule has 0 aliphatic heterocycles. The van der Waals surface area contributed by atoms with Crippen LogP contribution in [0.3, 0.4) is 0 Å². The van der Waals surface area contributed by atoms with Gasteiger partial charge >= 0.3 is 0 Å². The van der Waals surface area contributed by atoms with Crippen molar-refractivity contribution in [3.63, 3.8) is 0 Å². The first-order valence-electron chi connectivity index (χ1n) is 6.28. The van der Waals surface area contributed by atoms with Crippen molar-refractivity contribution in [3.8, 4) is 11.5 Å². The van der Waals surface area contributed by atoms with E-state index < -0.39 is 0 Å². The fourth-order valence-electron chi connectivity index (χ4n) is 2.05. The number of hydrogen-bond donors (Lipinski definition) is 1. The smallest absolute Gasteiger partial charge is 0.142 e. The van der Waals surface area contributed by atoms with Gasteiger partial charge in [-0.1, -0.05) is 30.3 Å². The van der Waals surface area contributed by atoms with Gasteiger partial charge in [0.1, 0.15) is 11.5 Å². The second-order valence-electron chi connectivity index (χ2n) is 4.39. The third-order valence-electron chi connectivity index (χ3n) is 3.05. The summed E-state index contributed by atoms with van der Waals surface area (Å²) in [6, 6.07) is 15.8. The highest BCUT2D eigenvalue weighted by molar-refractivity contribution is 9.10. The van der Waals surface area contributed by atoms with Gasteiger partial charge < -0.3 is 10.5 Å². The SMILES string of the molecule is NCc1cc(Oc2ccc3ccccc3c2Br)ccn1. The van der Waals surface area contributed by atoms with Gasteiger partial charge in [-0.3, -0.25) is 4.98 Å². The van der Waals surface area contributed by atoms with Crippen molar-refractivity contribution in [1.82, 2.24) is 4.98 Å². The molecular weight excluding hydrogens is 316 g/mol. The maximum atomic E-state index is 5.92. The van der Waals surface area contributed by atoms with Crippen molar-refractivity contribution >= 4 is 26.7 Å². The molecule has 3 rings (SSSR count). The summed E-state index contributed by atoms with van der Waals surface area (Å²) in [7, 11) is 0. The standard InChI is InChI=1S/C16H13BrN2O/c17-16-14-4-2-1-3-11(14)5-6-15(16)20-13-7-8-19-12(9-13)10-18/h1-9H,10,18H2. The van der Waals surface area contributed by atoms with E-state index in [0.29, 0.717) is 6.54 Å². The molecule has 2 aromatic carbocycles. The van der Waals surface area contributed by atoms with E-state index in [2.05, 4.69) is 33.0 Å². The molecule has 0 fully saturated rings. The Hall–Kier alpha value is -1.91. The van der Waals surface area contributed by atoms with Crippen LogP contribution in [-0.4, -0.2) is 4.98 Å². The zero-order valence-electron chi connectivity index (χ0n) is 10.7. The molecular formula is C16H13BrN2O. The molecule has 0 aliphatic rings. The highest BCUT2D eigenvalue weighted by atomic mass is 79.9. The van der Waals surface area contributed by atoms with Crippen molar-refractivity contribution in [2.45, 2.75) is 6.54 Å². The van der Waals surface area contributed by atoms with Gasteiger partial charge in [0.2, 0.25) is 0 Å². The fourth-order valence-corrected chi connectivity index (χ4v) is 2.62. The van der Waals surface area contributed by atoms with Gasteiger partial charge in [0.15, 0.2) is 0 Å². The number of hydrogen-bond acceptors (Lipinski definition) is 3. The lowest BCUT2D eigenvalue weighted by molar-refractivity contribution is 0.479. The van der Waals surface area contributed by atoms with Crippen molar-refractivity contribution in [1.29, 1.82) is 0 Å². The van der Waals surface area contributed by atoms with E-state index in [4.69, 9.17) is 10.5 Å². The molecule has 0 spiro atoms. The number of aromatic nitrogens is 1. The third kappa shape index (κ3) is 2.53. The second-order valence-corrected chi connectivity index (χ2v) is 5.18. The average molecular weight is 329 g/mol. The Bertz CT molecular complexity index is 758. The molecule has 100 valence electrons. The van der Waals surface area contributed by atoms with Crippen molar-refractivity contribution < 1.29 is 4.74 Å². The summed E-state index contributed by atoms with van der Waals surface area (Å²) in [6.07, 6.45) is 1.70. The molecule has 0 radical (unpaired) electrons. The number of pyridine rings is 1. The van der Waals surface area contributed by atoms with Crippen LogP contribution in [0, 0.1) is 0 Å². The monoisotopic (exact) mass is 328 g/mol. The van der Waals surface area contributed by atoms with Gasteiger partial charge in [0, 0.05) is 18.8 Å². The summed E-state index contributed by atoms with van der Waals surface area (Å²) >= 11 is 3.61. The Kier molecular flexibility index (Phi) is 3.67. The lowest BCUT2D eigenvalue weighted by Crippen LogP contribution is -1.99. The lowest BCUT2D eigenvalue weighted by atomic mass is 10.1. The van der Waals surface area contributed by atoms with Gasteiger partial charge in [0.25, 0.3) is 0 Å². The van der Waals surface area contributed by atoms with Crippen LogP contribution in [0.1, 0.15) is 5.69 Å². The number of rotatable bonds is 3. The molecule has 0 saturated carbocycles. The molecule has 1 aromatic heterocycles. The summed E-state index contributed by atoms with van der Waals surface area (Å²) in [5.74, 6) is 1.51. The summed E-state index contributed by atoms with van der Waals surface area (Å²) in [5, 5.41) is 2.29. The number of fused-ring (bicyclic) bond motifs is 1. The molecule has 0 bridgehead atoms. The minimum absolute atomic E-state index is 0.399. The lowest BCUT2D eigenvalue weighted by Gasteiger charge is -2.10. The summed E-state index contributed by atoms with van der Waals surface area (Å²) in [5.41, 5.74) is 6.39. The number of ether oxygens (including phenoxy) is 1. The van der Waals surface area contributed by atoms with E-state index in [0.717, 1.165) is 27.1 Å². The average Bonchev–Trinajstić information content (AvgIpc) is 2.50. The Labute approximate surface area is 125 Å². The van der Waals surface area contributed by atoms with E-state index in [9.17, 15) is 0 Å². The van der Waals surface area contributed by atoms with Crippen LogP contribution < -0.4 is 10.5 Å². The fraction of sp³-hybridized carbons (Fsp3) is 0.0625. The zero-order chi connectivity index (χ0) is 13.9. The molecule has 3 nitrogen and oxygen atoms in total. The molecule has 1 heterocycles. The first-order valence-corrected chi connectivity index (χ1v) is 7.07. The van der Waals surface area contributed by atoms with Crippen LogP contribution in [0.5, 0.6) is 11.5 Å². The van der Waals surface area contributed by atoms with E-state index in [1.165, 1.54) is 5.39 Å². The van der Waals surface area contributed by atoms with Gasteiger partial charge in [0.05, 0.1) is 10.2 Å². The predicted molar refractivity (Wildman–Crippen MR) is 83.9 cm³/mol. The van der Waals surface area contributed by atoms with Crippen LogP contribution >= 0.6 is 15.9 Å². The molecule has 3 aromatic rings. The topological polar surface area (TPSA) is 48.1 Å². The number of halogens is 1. The van der Waals surface area contributed by atoms with Crippen LogP contribution in [0.25, 0.3) is 10.8 Å². The molecule has 0 saturated heterocycles. The largest absolute Gasteiger partial charge is 0.456 e. The van der Waals surface area contributed by atoms with Crippen LogP contribution in [0.15, 0.2) is 59.2 Å². The van der Waals surface area contributed by atoms with E-state index in [-0.39, 0.29) is 0 Å². The second kappa shape index (κ2) is 5.61. The van der Waals surface area contributed by atoms with Crippen LogP contribution in [0.2, 0.25) is 0 Å². The Morgan fingerprint density at radius 1 is 1.10 bits per heavy atom. The zero-order valence-corrected chi connectivity index (χ0v) is 12.3. The van der Waals surface area contributed by atoms with E-state index in [1.54, 1.807) is 6.20 Å². The van der Waals surface area contributed by atoms with Gasteiger partial charge in [-0.15, -0.1) is 0 Å². The summed E-state index contributed by atoms with van der Waals surface area (Å²) < 4.78 is 6.86. The molecule has 0 atom stereocenters. The quantitative estimate of drug-likeness (QED) is 0.781. The highest BCUT2D eigenvalue weighted by Gasteiger charge is 2.07. The molecule has 0 unspecified atom stereocenters. The molecule has 0 aliphatic carbocycles. The van der Waals surface area contributed by atoms with Crippen LogP contribution in [0.4, 0.5) is 0 Å². The first kappa shape index (κ1) is 13.1. The molecule has 20 heavy (non-hydrogen) atoms. The number of nitrogens with zero attached hydrogens (tertiary/aromatic N) is 1. The highest BCUT2D eigenvalue weighted by Crippen LogP contribution is 2.35. The molecule has 4 heteroatoms. The van der Waals surface area contributed by atoms with Crippen molar-refractivity contribution in [2.24, 2.45) is 5.73 Å². The van der Waals surface area contributed by atoms with E-state index >= 15 is 0 Å². The number of benzene rings is 2. The Morgan fingerprint density at radius 2 is 1.95 bits per heavy atom. The van der Waals surface area contributed by atoms with Gasteiger partial charge in [-0.2, -0.15) is 0 Å². The maximum Gasteiger partial charge on any atom is 0.142 e. The minimum atomic E-state index is 0.399.